The number of anilines is 1. The van der Waals surface area contributed by atoms with Crippen molar-refractivity contribution in [2.24, 2.45) is 22.1 Å². The second-order valence-corrected chi connectivity index (χ2v) is 11.3. The van der Waals surface area contributed by atoms with Gasteiger partial charge in [-0.3, -0.25) is 0 Å². The molecule has 0 radical (unpaired) electrons. The number of benzene rings is 2. The van der Waals surface area contributed by atoms with Crippen LogP contribution >= 0.6 is 0 Å². The largest absolute Gasteiger partial charge is 0.505 e. The van der Waals surface area contributed by atoms with Crippen molar-refractivity contribution in [2.45, 2.75) is 65.2 Å². The summed E-state index contributed by atoms with van der Waals surface area (Å²) in [6.45, 7) is 13.4. The second-order valence-electron chi connectivity index (χ2n) is 11.3. The van der Waals surface area contributed by atoms with Gasteiger partial charge in [0, 0.05) is 16.4 Å². The average Bonchev–Trinajstić information content (AvgIpc) is 2.84. The highest BCUT2D eigenvalue weighted by atomic mass is 16.3. The molecule has 2 aliphatic rings. The third kappa shape index (κ3) is 4.95. The van der Waals surface area contributed by atoms with Crippen molar-refractivity contribution >= 4 is 17.1 Å². The smallest absolute Gasteiger partial charge is 0.147 e. The number of phenolic OH excluding ortho intramolecular Hbond substituents is 1. The quantitative estimate of drug-likeness (QED) is 0.319. The van der Waals surface area contributed by atoms with Crippen LogP contribution in [0.2, 0.25) is 0 Å². The van der Waals surface area contributed by atoms with Gasteiger partial charge in [0.2, 0.25) is 0 Å². The third-order valence-corrected chi connectivity index (χ3v) is 7.83. The molecule has 4 heteroatoms. The molecule has 2 aromatic carbocycles. The fourth-order valence-corrected chi connectivity index (χ4v) is 5.37. The van der Waals surface area contributed by atoms with Crippen LogP contribution in [0.15, 0.2) is 94.2 Å². The van der Waals surface area contributed by atoms with Gasteiger partial charge in [-0.05, 0) is 54.0 Å². The Morgan fingerprint density at radius 2 is 1.64 bits per heavy atom. The first-order valence-electron chi connectivity index (χ1n) is 12.9. The van der Waals surface area contributed by atoms with Crippen LogP contribution in [-0.2, 0) is 10.8 Å². The molecule has 2 aliphatic carbocycles. The maximum Gasteiger partial charge on any atom is 0.147 e. The molecular formula is C32H39N3O. The predicted octanol–water partition coefficient (Wildman–Crippen LogP) is 8.99. The Balaban J connectivity index is 1.90. The van der Waals surface area contributed by atoms with Gasteiger partial charge in [0.15, 0.2) is 0 Å². The lowest BCUT2D eigenvalue weighted by Crippen LogP contribution is -2.27. The van der Waals surface area contributed by atoms with Gasteiger partial charge in [0.1, 0.15) is 17.1 Å². The highest BCUT2D eigenvalue weighted by Crippen LogP contribution is 2.48. The van der Waals surface area contributed by atoms with Gasteiger partial charge < -0.3 is 10.8 Å². The molecule has 0 heterocycles. The molecule has 188 valence electrons. The molecule has 4 nitrogen and oxygen atoms in total. The van der Waals surface area contributed by atoms with E-state index in [0.717, 1.165) is 24.0 Å². The summed E-state index contributed by atoms with van der Waals surface area (Å²) >= 11 is 0. The van der Waals surface area contributed by atoms with Gasteiger partial charge in [-0.25, -0.2) is 0 Å². The first kappa shape index (κ1) is 25.7. The number of rotatable bonds is 6. The van der Waals surface area contributed by atoms with Crippen LogP contribution in [0.3, 0.4) is 0 Å². The van der Waals surface area contributed by atoms with Gasteiger partial charge in [0.05, 0.1) is 5.69 Å². The topological polar surface area (TPSA) is 71.0 Å². The minimum Gasteiger partial charge on any atom is -0.505 e. The first-order valence-corrected chi connectivity index (χ1v) is 12.9. The molecule has 0 saturated carbocycles. The molecule has 0 aliphatic heterocycles. The molecule has 36 heavy (non-hydrogen) atoms. The summed E-state index contributed by atoms with van der Waals surface area (Å²) in [5.41, 5.74) is 11.6. The van der Waals surface area contributed by atoms with Gasteiger partial charge in [-0.2, -0.15) is 0 Å². The molecule has 3 N–H and O–H groups in total. The first-order chi connectivity index (χ1) is 17.0. The Bertz CT molecular complexity index is 1290. The average molecular weight is 482 g/mol. The zero-order valence-electron chi connectivity index (χ0n) is 22.4. The maximum atomic E-state index is 11.6. The van der Waals surface area contributed by atoms with Crippen molar-refractivity contribution in [2.75, 3.05) is 5.73 Å². The molecule has 4 rings (SSSR count). The van der Waals surface area contributed by atoms with E-state index in [0.29, 0.717) is 28.9 Å². The normalized spacial score (nSPS) is 20.5. The van der Waals surface area contributed by atoms with Crippen LogP contribution in [0.4, 0.5) is 17.1 Å². The van der Waals surface area contributed by atoms with Gasteiger partial charge in [0.25, 0.3) is 0 Å². The van der Waals surface area contributed by atoms with Crippen LogP contribution in [-0.4, -0.2) is 5.11 Å². The molecule has 0 aromatic heterocycles. The van der Waals surface area contributed by atoms with E-state index < -0.39 is 5.41 Å². The number of hydrogen-bond donors (Lipinski definition) is 2. The number of aromatic hydroxyl groups is 1. The summed E-state index contributed by atoms with van der Waals surface area (Å²) in [5, 5.41) is 20.5. The number of para-hydroxylation sites is 1. The fraction of sp³-hybridized carbons (Fsp3) is 0.375. The summed E-state index contributed by atoms with van der Waals surface area (Å²) in [7, 11) is 0. The summed E-state index contributed by atoms with van der Waals surface area (Å²) in [5.74, 6) is 1.07. The Kier molecular flexibility index (Phi) is 7.08. The standard InChI is InChI=1S/C32H39N3O/c1-21-12-11-14-23(18-21)31(3,4)26-19-24(32(5,6)25-15-8-7-13-22(25)2)20-29(30(26)36)35-34-28-17-10-9-16-27(28)33/h7-11,14-22,36H,12-13,33H2,1-6H3. The lowest BCUT2D eigenvalue weighted by atomic mass is 9.68. The van der Waals surface area contributed by atoms with Crippen LogP contribution in [0.5, 0.6) is 5.75 Å². The molecule has 0 amide bonds. The summed E-state index contributed by atoms with van der Waals surface area (Å²) in [6, 6.07) is 11.5. The van der Waals surface area contributed by atoms with Crippen LogP contribution < -0.4 is 5.73 Å². The Morgan fingerprint density at radius 3 is 2.33 bits per heavy atom. The van der Waals surface area contributed by atoms with Crippen LogP contribution in [0, 0.1) is 11.8 Å². The lowest BCUT2D eigenvalue weighted by Gasteiger charge is -2.36. The summed E-state index contributed by atoms with van der Waals surface area (Å²) in [6.07, 6.45) is 15.4. The summed E-state index contributed by atoms with van der Waals surface area (Å²) in [4.78, 5) is 0. The second kappa shape index (κ2) is 9.93. The third-order valence-electron chi connectivity index (χ3n) is 7.83. The molecule has 0 bridgehead atoms. The SMILES string of the molecule is CC1C=C(C(C)(C)c2cc(C(C)(C)C3=CC=CCC3C)cc(N=Nc3ccccc3N)c2O)C=CC1. The zero-order chi connectivity index (χ0) is 26.1. The number of nitrogens with two attached hydrogens (primary N) is 1. The minimum absolute atomic E-state index is 0.163. The van der Waals surface area contributed by atoms with Gasteiger partial charge in [-0.15, -0.1) is 10.2 Å². The van der Waals surface area contributed by atoms with E-state index in [-0.39, 0.29) is 11.2 Å². The van der Waals surface area contributed by atoms with E-state index in [1.807, 2.05) is 24.3 Å². The van der Waals surface area contributed by atoms with E-state index in [1.54, 1.807) is 6.07 Å². The molecule has 2 aromatic rings. The van der Waals surface area contributed by atoms with Gasteiger partial charge in [-0.1, -0.05) is 102 Å². The number of phenols is 1. The number of nitrogen functional groups attached to an aromatic ring is 1. The maximum absolute atomic E-state index is 11.6. The van der Waals surface area contributed by atoms with Crippen molar-refractivity contribution in [3.8, 4) is 5.75 Å². The Hall–Kier alpha value is -3.40. The molecule has 0 spiro atoms. The van der Waals surface area contributed by atoms with E-state index in [1.165, 1.54) is 11.1 Å². The van der Waals surface area contributed by atoms with Gasteiger partial charge >= 0.3 is 0 Å². The van der Waals surface area contributed by atoms with Crippen molar-refractivity contribution in [3.05, 3.63) is 95.1 Å². The monoisotopic (exact) mass is 481 g/mol. The Labute approximate surface area is 216 Å². The van der Waals surface area contributed by atoms with Crippen molar-refractivity contribution in [3.63, 3.8) is 0 Å². The van der Waals surface area contributed by atoms with E-state index >= 15 is 0 Å². The van der Waals surface area contributed by atoms with E-state index in [9.17, 15) is 5.11 Å². The van der Waals surface area contributed by atoms with Crippen molar-refractivity contribution < 1.29 is 5.11 Å². The van der Waals surface area contributed by atoms with Crippen molar-refractivity contribution in [1.29, 1.82) is 0 Å². The number of hydrogen-bond acceptors (Lipinski definition) is 4. The highest BCUT2D eigenvalue weighted by Gasteiger charge is 2.35. The molecule has 2 unspecified atom stereocenters. The zero-order valence-corrected chi connectivity index (χ0v) is 22.4. The number of azo groups is 1. The highest BCUT2D eigenvalue weighted by molar-refractivity contribution is 5.65. The minimum atomic E-state index is -0.413. The van der Waals surface area contributed by atoms with Crippen LogP contribution in [0.25, 0.3) is 0 Å². The Morgan fingerprint density at radius 1 is 0.917 bits per heavy atom. The molecule has 0 saturated heterocycles. The number of nitrogens with zero attached hydrogens (tertiary/aromatic N) is 2. The van der Waals surface area contributed by atoms with Crippen molar-refractivity contribution in [1.82, 2.24) is 0 Å². The van der Waals surface area contributed by atoms with E-state index in [2.05, 4.69) is 94.3 Å². The molecular weight excluding hydrogens is 442 g/mol. The number of allylic oxidation sites excluding steroid dienone is 8. The molecule has 0 fully saturated rings. The molecule has 2 atom stereocenters. The van der Waals surface area contributed by atoms with E-state index in [4.69, 9.17) is 5.73 Å². The predicted molar refractivity (Wildman–Crippen MR) is 151 cm³/mol. The van der Waals surface area contributed by atoms with Crippen LogP contribution in [0.1, 0.15) is 65.5 Å². The fourth-order valence-electron chi connectivity index (χ4n) is 5.37. The summed E-state index contributed by atoms with van der Waals surface area (Å²) < 4.78 is 0. The lowest BCUT2D eigenvalue weighted by molar-refractivity contribution is 0.450.